The van der Waals surface area contributed by atoms with Crippen LogP contribution in [0.5, 0.6) is 0 Å². The number of benzene rings is 6. The molecule has 1 heteroatoms. The highest BCUT2D eigenvalue weighted by Gasteiger charge is 2.47. The van der Waals surface area contributed by atoms with Crippen molar-refractivity contribution in [3.8, 4) is 33.4 Å². The standard InChI is InChI=1S/C46H41N/c1-44(2)37-15-9-8-14-32(37)33-19-17-29(24-39(33)44)47-30-18-20-34-35-26-40-36(27-42(35)46(41(34)25-30)22-10-5-11-23-46)43-31-13-7-6-12-28(31)16-21-38(43)45(40,3)4/h6-9,12-21,24-27,47H,5,10-11,22-23H2,1-4H3. The Morgan fingerprint density at radius 2 is 1.04 bits per heavy atom. The Morgan fingerprint density at radius 1 is 0.447 bits per heavy atom. The Morgan fingerprint density at radius 3 is 1.85 bits per heavy atom. The molecule has 0 aromatic heterocycles. The predicted molar refractivity (Wildman–Crippen MR) is 198 cm³/mol. The summed E-state index contributed by atoms with van der Waals surface area (Å²) in [5, 5.41) is 6.59. The van der Waals surface area contributed by atoms with Gasteiger partial charge in [0.1, 0.15) is 0 Å². The smallest absolute Gasteiger partial charge is 0.0387 e. The third kappa shape index (κ3) is 3.55. The second-order valence-electron chi connectivity index (χ2n) is 15.7. The van der Waals surface area contributed by atoms with Gasteiger partial charge in [-0.2, -0.15) is 0 Å². The zero-order valence-corrected chi connectivity index (χ0v) is 27.9. The first-order chi connectivity index (χ1) is 22.8. The Bertz CT molecular complexity index is 2310. The summed E-state index contributed by atoms with van der Waals surface area (Å²) in [5.41, 5.74) is 19.8. The van der Waals surface area contributed by atoms with E-state index in [4.69, 9.17) is 0 Å². The number of hydrogen-bond donors (Lipinski definition) is 1. The normalized spacial score (nSPS) is 18.3. The van der Waals surface area contributed by atoms with Crippen LogP contribution >= 0.6 is 0 Å². The Balaban J connectivity index is 1.10. The van der Waals surface area contributed by atoms with E-state index in [9.17, 15) is 0 Å². The highest BCUT2D eigenvalue weighted by molar-refractivity contribution is 6.03. The maximum absolute atomic E-state index is 3.87. The summed E-state index contributed by atoms with van der Waals surface area (Å²) in [6, 6.07) is 42.0. The van der Waals surface area contributed by atoms with E-state index in [0.717, 1.165) is 0 Å². The zero-order chi connectivity index (χ0) is 31.7. The molecule has 6 aromatic rings. The van der Waals surface area contributed by atoms with Crippen molar-refractivity contribution in [2.75, 3.05) is 5.32 Å². The van der Waals surface area contributed by atoms with Crippen LogP contribution in [0.15, 0.2) is 109 Å². The van der Waals surface area contributed by atoms with E-state index in [1.807, 2.05) is 0 Å². The van der Waals surface area contributed by atoms with E-state index in [1.54, 1.807) is 5.56 Å². The molecule has 1 spiro atoms. The van der Waals surface area contributed by atoms with E-state index in [-0.39, 0.29) is 16.2 Å². The molecule has 0 bridgehead atoms. The van der Waals surface area contributed by atoms with Crippen molar-refractivity contribution < 1.29 is 0 Å². The average molecular weight is 608 g/mol. The molecule has 0 saturated heterocycles. The van der Waals surface area contributed by atoms with Crippen molar-refractivity contribution >= 4 is 22.1 Å². The first kappa shape index (κ1) is 27.5. The molecule has 4 aliphatic carbocycles. The lowest BCUT2D eigenvalue weighted by Gasteiger charge is -2.36. The molecule has 1 fully saturated rings. The van der Waals surface area contributed by atoms with E-state index in [2.05, 4.69) is 142 Å². The van der Waals surface area contributed by atoms with Gasteiger partial charge in [-0.3, -0.25) is 0 Å². The van der Waals surface area contributed by atoms with Gasteiger partial charge in [-0.25, -0.2) is 0 Å². The molecule has 10 rings (SSSR count). The highest BCUT2D eigenvalue weighted by atomic mass is 14.9. The summed E-state index contributed by atoms with van der Waals surface area (Å²) in [5.74, 6) is 0. The summed E-state index contributed by atoms with van der Waals surface area (Å²) < 4.78 is 0. The maximum Gasteiger partial charge on any atom is 0.0387 e. The minimum absolute atomic E-state index is 0.00648. The van der Waals surface area contributed by atoms with Crippen molar-refractivity contribution in [1.29, 1.82) is 0 Å². The minimum Gasteiger partial charge on any atom is -0.356 e. The van der Waals surface area contributed by atoms with Gasteiger partial charge >= 0.3 is 0 Å². The fourth-order valence-electron chi connectivity index (χ4n) is 10.2. The van der Waals surface area contributed by atoms with Crippen LogP contribution in [0.25, 0.3) is 44.2 Å². The van der Waals surface area contributed by atoms with Crippen molar-refractivity contribution in [3.05, 3.63) is 143 Å². The molecule has 0 atom stereocenters. The van der Waals surface area contributed by atoms with Crippen LogP contribution in [0.4, 0.5) is 11.4 Å². The van der Waals surface area contributed by atoms with Crippen LogP contribution in [0, 0.1) is 0 Å². The van der Waals surface area contributed by atoms with Gasteiger partial charge in [0.25, 0.3) is 0 Å². The molecule has 4 aliphatic rings. The molecule has 0 aliphatic heterocycles. The molecule has 0 unspecified atom stereocenters. The van der Waals surface area contributed by atoms with Gasteiger partial charge in [0, 0.05) is 27.6 Å². The fourth-order valence-corrected chi connectivity index (χ4v) is 10.2. The van der Waals surface area contributed by atoms with Gasteiger partial charge in [-0.05, 0) is 127 Å². The molecule has 0 radical (unpaired) electrons. The van der Waals surface area contributed by atoms with Crippen LogP contribution in [-0.4, -0.2) is 0 Å². The topological polar surface area (TPSA) is 12.0 Å². The van der Waals surface area contributed by atoms with E-state index in [1.165, 1.54) is 115 Å². The van der Waals surface area contributed by atoms with Crippen molar-refractivity contribution in [3.63, 3.8) is 0 Å². The number of nitrogens with one attached hydrogen (secondary N) is 1. The maximum atomic E-state index is 3.87. The lowest BCUT2D eigenvalue weighted by atomic mass is 9.67. The number of rotatable bonds is 2. The van der Waals surface area contributed by atoms with Crippen LogP contribution in [0.1, 0.15) is 93.2 Å². The van der Waals surface area contributed by atoms with Crippen LogP contribution < -0.4 is 5.32 Å². The number of fused-ring (bicyclic) bond motifs is 13. The van der Waals surface area contributed by atoms with Crippen molar-refractivity contribution in [2.24, 2.45) is 0 Å². The molecular weight excluding hydrogens is 567 g/mol. The molecule has 6 aromatic carbocycles. The van der Waals surface area contributed by atoms with E-state index in [0.29, 0.717) is 0 Å². The summed E-state index contributed by atoms with van der Waals surface area (Å²) in [6.07, 6.45) is 6.37. The third-order valence-corrected chi connectivity index (χ3v) is 12.6. The first-order valence-electron chi connectivity index (χ1n) is 17.7. The van der Waals surface area contributed by atoms with Crippen LogP contribution in [0.3, 0.4) is 0 Å². The highest BCUT2D eigenvalue weighted by Crippen LogP contribution is 2.61. The molecule has 1 saturated carbocycles. The van der Waals surface area contributed by atoms with Crippen LogP contribution in [-0.2, 0) is 16.2 Å². The lowest BCUT2D eigenvalue weighted by Crippen LogP contribution is -2.28. The zero-order valence-electron chi connectivity index (χ0n) is 27.9. The molecule has 230 valence electrons. The summed E-state index contributed by atoms with van der Waals surface area (Å²) in [4.78, 5) is 0. The van der Waals surface area contributed by atoms with Gasteiger partial charge < -0.3 is 5.32 Å². The van der Waals surface area contributed by atoms with Crippen molar-refractivity contribution in [2.45, 2.75) is 76.0 Å². The Labute approximate surface area is 278 Å². The molecule has 1 N–H and O–H groups in total. The molecule has 47 heavy (non-hydrogen) atoms. The predicted octanol–water partition coefficient (Wildman–Crippen LogP) is 12.4. The number of hydrogen-bond acceptors (Lipinski definition) is 1. The Kier molecular flexibility index (Phi) is 5.41. The molecule has 1 nitrogen and oxygen atoms in total. The van der Waals surface area contributed by atoms with Gasteiger partial charge in [-0.15, -0.1) is 0 Å². The summed E-state index contributed by atoms with van der Waals surface area (Å²) in [7, 11) is 0. The summed E-state index contributed by atoms with van der Waals surface area (Å²) in [6.45, 7) is 9.57. The largest absolute Gasteiger partial charge is 0.356 e. The Hall–Kier alpha value is -4.62. The number of anilines is 2. The van der Waals surface area contributed by atoms with E-state index < -0.39 is 0 Å². The third-order valence-electron chi connectivity index (χ3n) is 12.6. The average Bonchev–Trinajstić information content (AvgIpc) is 3.58. The quantitative estimate of drug-likeness (QED) is 0.206. The first-order valence-corrected chi connectivity index (χ1v) is 17.7. The van der Waals surface area contributed by atoms with Gasteiger partial charge in [-0.1, -0.05) is 120 Å². The second-order valence-corrected chi connectivity index (χ2v) is 15.7. The molecular formula is C46H41N. The SMILES string of the molecule is CC1(C)c2ccccc2-c2ccc(Nc3ccc4c(c3)C3(CCCCC3)c3cc5c(cc3-4)C(C)(C)c3ccc4ccccc4c3-5)cc21. The van der Waals surface area contributed by atoms with Gasteiger partial charge in [0.2, 0.25) is 0 Å². The molecule has 0 heterocycles. The monoisotopic (exact) mass is 607 g/mol. The molecule has 0 amide bonds. The fraction of sp³-hybridized carbons (Fsp3) is 0.261. The summed E-state index contributed by atoms with van der Waals surface area (Å²) >= 11 is 0. The minimum atomic E-state index is -0.0330. The second kappa shape index (κ2) is 9.26. The van der Waals surface area contributed by atoms with Crippen LogP contribution in [0.2, 0.25) is 0 Å². The lowest BCUT2D eigenvalue weighted by molar-refractivity contribution is 0.353. The van der Waals surface area contributed by atoms with Gasteiger partial charge in [0.05, 0.1) is 0 Å². The van der Waals surface area contributed by atoms with E-state index >= 15 is 0 Å². The van der Waals surface area contributed by atoms with Gasteiger partial charge in [0.15, 0.2) is 0 Å². The van der Waals surface area contributed by atoms with Crippen molar-refractivity contribution in [1.82, 2.24) is 0 Å².